The van der Waals surface area contributed by atoms with Gasteiger partial charge in [0.05, 0.1) is 6.10 Å². The number of hydrogen-bond acceptors (Lipinski definition) is 3. The van der Waals surface area contributed by atoms with Crippen molar-refractivity contribution in [2.24, 2.45) is 16.1 Å². The number of ether oxygens (including phenoxy) is 1. The number of aromatic nitrogens is 1. The van der Waals surface area contributed by atoms with Gasteiger partial charge in [0.25, 0.3) is 0 Å². The molecule has 1 aromatic rings. The number of nitrogens with zero attached hydrogens (tertiary/aromatic N) is 2. The predicted octanol–water partition coefficient (Wildman–Crippen LogP) is 2.51. The van der Waals surface area contributed by atoms with Gasteiger partial charge in [0, 0.05) is 42.9 Å². The highest BCUT2D eigenvalue weighted by Crippen LogP contribution is 2.42. The Balaban J connectivity index is 1.73. The van der Waals surface area contributed by atoms with E-state index in [2.05, 4.69) is 36.1 Å². The lowest BCUT2D eigenvalue weighted by molar-refractivity contribution is -0.113. The van der Waals surface area contributed by atoms with Gasteiger partial charge in [0.1, 0.15) is 0 Å². The molecule has 2 atom stereocenters. The molecule has 128 valence electrons. The first-order chi connectivity index (χ1) is 11.0. The Hall–Kier alpha value is -1.62. The molecule has 0 spiro atoms. The van der Waals surface area contributed by atoms with Crippen molar-refractivity contribution in [1.29, 1.82) is 0 Å². The topological polar surface area (TPSA) is 72.5 Å². The Morgan fingerprint density at radius 1 is 1.48 bits per heavy atom. The molecule has 2 rings (SSSR count). The quantitative estimate of drug-likeness (QED) is 0.439. The first-order valence-corrected chi connectivity index (χ1v) is 8.62. The maximum Gasteiger partial charge on any atom is 0.188 e. The van der Waals surface area contributed by atoms with Crippen LogP contribution in [0.1, 0.15) is 45.7 Å². The van der Waals surface area contributed by atoms with E-state index in [0.717, 1.165) is 31.6 Å². The van der Waals surface area contributed by atoms with Gasteiger partial charge in [-0.2, -0.15) is 0 Å². The molecule has 2 unspecified atom stereocenters. The van der Waals surface area contributed by atoms with E-state index >= 15 is 0 Å². The van der Waals surface area contributed by atoms with Crippen molar-refractivity contribution >= 4 is 5.96 Å². The van der Waals surface area contributed by atoms with Crippen LogP contribution in [0.5, 0.6) is 0 Å². The Labute approximate surface area is 139 Å². The zero-order valence-corrected chi connectivity index (χ0v) is 14.6. The van der Waals surface area contributed by atoms with E-state index in [-0.39, 0.29) is 5.41 Å². The van der Waals surface area contributed by atoms with Gasteiger partial charge < -0.3 is 15.8 Å². The molecule has 5 heteroatoms. The molecule has 0 bridgehead atoms. The van der Waals surface area contributed by atoms with Gasteiger partial charge in [-0.15, -0.1) is 0 Å². The Bertz CT molecular complexity index is 501. The van der Waals surface area contributed by atoms with Crippen molar-refractivity contribution in [3.05, 3.63) is 30.1 Å². The molecule has 0 saturated heterocycles. The van der Waals surface area contributed by atoms with E-state index in [9.17, 15) is 0 Å². The number of guanidine groups is 1. The molecule has 23 heavy (non-hydrogen) atoms. The Kier molecular flexibility index (Phi) is 6.39. The number of nitrogens with two attached hydrogens (primary N) is 1. The van der Waals surface area contributed by atoms with E-state index in [4.69, 9.17) is 10.5 Å². The molecule has 0 radical (unpaired) electrons. The predicted molar refractivity (Wildman–Crippen MR) is 94.4 cm³/mol. The minimum Gasteiger partial charge on any atom is -0.378 e. The van der Waals surface area contributed by atoms with E-state index in [1.807, 2.05) is 18.2 Å². The third-order valence-electron chi connectivity index (χ3n) is 4.69. The van der Waals surface area contributed by atoms with Crippen LogP contribution in [0, 0.1) is 5.41 Å². The van der Waals surface area contributed by atoms with E-state index in [1.165, 1.54) is 6.42 Å². The van der Waals surface area contributed by atoms with Crippen molar-refractivity contribution in [3.63, 3.8) is 0 Å². The van der Waals surface area contributed by atoms with Gasteiger partial charge in [-0.25, -0.2) is 0 Å². The summed E-state index contributed by atoms with van der Waals surface area (Å²) in [4.78, 5) is 8.70. The highest BCUT2D eigenvalue weighted by Gasteiger charge is 2.49. The van der Waals surface area contributed by atoms with Crippen LogP contribution in [0.3, 0.4) is 0 Å². The zero-order valence-electron chi connectivity index (χ0n) is 14.6. The van der Waals surface area contributed by atoms with Gasteiger partial charge in [-0.3, -0.25) is 9.98 Å². The normalized spacial score (nSPS) is 23.3. The van der Waals surface area contributed by atoms with Gasteiger partial charge in [0.2, 0.25) is 0 Å². The van der Waals surface area contributed by atoms with Crippen LogP contribution in [0.4, 0.5) is 0 Å². The average molecular weight is 318 g/mol. The van der Waals surface area contributed by atoms with Crippen molar-refractivity contribution in [2.45, 2.75) is 58.6 Å². The second kappa shape index (κ2) is 8.29. The summed E-state index contributed by atoms with van der Waals surface area (Å²) in [6.45, 7) is 8.14. The lowest BCUT2D eigenvalue weighted by atomic mass is 9.64. The van der Waals surface area contributed by atoms with E-state index < -0.39 is 0 Å². The van der Waals surface area contributed by atoms with Crippen LogP contribution in [0.25, 0.3) is 0 Å². The van der Waals surface area contributed by atoms with Gasteiger partial charge in [-0.05, 0) is 25.0 Å². The van der Waals surface area contributed by atoms with Crippen molar-refractivity contribution in [3.8, 4) is 0 Å². The summed E-state index contributed by atoms with van der Waals surface area (Å²) in [6, 6.07) is 6.24. The SMILES string of the molecule is CCCCOC1CC(NC(N)=NCCc2ccccn2)C1(C)C. The van der Waals surface area contributed by atoms with Crippen LogP contribution >= 0.6 is 0 Å². The number of pyridine rings is 1. The van der Waals surface area contributed by atoms with Crippen molar-refractivity contribution in [2.75, 3.05) is 13.2 Å². The standard InChI is InChI=1S/C18H30N4O/c1-4-5-12-23-16-13-15(18(16,2)3)22-17(19)21-11-9-14-8-6-7-10-20-14/h6-8,10,15-16H,4-5,9,11-13H2,1-3H3,(H3,19,21,22). The first-order valence-electron chi connectivity index (χ1n) is 8.62. The maximum absolute atomic E-state index is 6.01. The lowest BCUT2D eigenvalue weighted by Crippen LogP contribution is -2.63. The monoisotopic (exact) mass is 318 g/mol. The van der Waals surface area contributed by atoms with Gasteiger partial charge in [0.15, 0.2) is 5.96 Å². The molecule has 1 saturated carbocycles. The van der Waals surface area contributed by atoms with Crippen LogP contribution in [0.15, 0.2) is 29.4 Å². The van der Waals surface area contributed by atoms with E-state index in [0.29, 0.717) is 24.7 Å². The molecule has 5 nitrogen and oxygen atoms in total. The third-order valence-corrected chi connectivity index (χ3v) is 4.69. The minimum atomic E-state index is 0.0921. The number of nitrogens with one attached hydrogen (secondary N) is 1. The van der Waals surface area contributed by atoms with Crippen LogP contribution < -0.4 is 11.1 Å². The summed E-state index contributed by atoms with van der Waals surface area (Å²) in [7, 11) is 0. The van der Waals surface area contributed by atoms with Crippen LogP contribution in [0.2, 0.25) is 0 Å². The highest BCUT2D eigenvalue weighted by molar-refractivity contribution is 5.78. The van der Waals surface area contributed by atoms with Gasteiger partial charge in [-0.1, -0.05) is 33.3 Å². The molecule has 1 heterocycles. The Morgan fingerprint density at radius 2 is 2.30 bits per heavy atom. The average Bonchev–Trinajstić information content (AvgIpc) is 2.54. The second-order valence-electron chi connectivity index (χ2n) is 6.81. The fraction of sp³-hybridized carbons (Fsp3) is 0.667. The van der Waals surface area contributed by atoms with Crippen molar-refractivity contribution < 1.29 is 4.74 Å². The molecule has 3 N–H and O–H groups in total. The number of hydrogen-bond donors (Lipinski definition) is 2. The molecule has 1 aliphatic rings. The van der Waals surface area contributed by atoms with Gasteiger partial charge >= 0.3 is 0 Å². The largest absolute Gasteiger partial charge is 0.378 e. The fourth-order valence-corrected chi connectivity index (χ4v) is 2.84. The summed E-state index contributed by atoms with van der Waals surface area (Å²) in [6.07, 6.45) is 6.21. The third kappa shape index (κ3) is 4.93. The first kappa shape index (κ1) is 17.7. The second-order valence-corrected chi connectivity index (χ2v) is 6.81. The summed E-state index contributed by atoms with van der Waals surface area (Å²) < 4.78 is 5.96. The molecular formula is C18H30N4O. The zero-order chi connectivity index (χ0) is 16.7. The Morgan fingerprint density at radius 3 is 2.96 bits per heavy atom. The van der Waals surface area contributed by atoms with Crippen LogP contribution in [-0.4, -0.2) is 36.2 Å². The number of aliphatic imine (C=N–C) groups is 1. The summed E-state index contributed by atoms with van der Waals surface area (Å²) in [5, 5.41) is 3.34. The molecule has 0 amide bonds. The summed E-state index contributed by atoms with van der Waals surface area (Å²) in [5.41, 5.74) is 7.15. The maximum atomic E-state index is 6.01. The molecule has 0 aromatic carbocycles. The number of rotatable bonds is 8. The molecular weight excluding hydrogens is 288 g/mol. The molecule has 0 aliphatic heterocycles. The van der Waals surface area contributed by atoms with Crippen LogP contribution in [-0.2, 0) is 11.2 Å². The highest BCUT2D eigenvalue weighted by atomic mass is 16.5. The lowest BCUT2D eigenvalue weighted by Gasteiger charge is -2.51. The molecule has 1 aromatic heterocycles. The molecule has 1 fully saturated rings. The summed E-state index contributed by atoms with van der Waals surface area (Å²) >= 11 is 0. The fourth-order valence-electron chi connectivity index (χ4n) is 2.84. The van der Waals surface area contributed by atoms with Crippen molar-refractivity contribution in [1.82, 2.24) is 10.3 Å². The minimum absolute atomic E-state index is 0.0921. The van der Waals surface area contributed by atoms with E-state index in [1.54, 1.807) is 6.20 Å². The molecule has 1 aliphatic carbocycles. The number of unbranched alkanes of at least 4 members (excludes halogenated alkanes) is 1. The summed E-state index contributed by atoms with van der Waals surface area (Å²) in [5.74, 6) is 0.519. The smallest absolute Gasteiger partial charge is 0.188 e.